The Labute approximate surface area is 101 Å². The highest BCUT2D eigenvalue weighted by atomic mass is 35.5. The second-order valence-electron chi connectivity index (χ2n) is 3.72. The van der Waals surface area contributed by atoms with Crippen LogP contribution in [0.15, 0.2) is 0 Å². The highest BCUT2D eigenvalue weighted by molar-refractivity contribution is 6.28. The summed E-state index contributed by atoms with van der Waals surface area (Å²) in [4.78, 5) is 10.8. The van der Waals surface area contributed by atoms with Crippen molar-refractivity contribution in [1.29, 1.82) is 0 Å². The molecule has 0 radical (unpaired) electrons. The van der Waals surface area contributed by atoms with E-state index in [1.807, 2.05) is 0 Å². The van der Waals surface area contributed by atoms with Crippen molar-refractivity contribution >= 4 is 17.4 Å². The van der Waals surface area contributed by atoms with Gasteiger partial charge in [-0.05, 0) is 25.4 Å². The molecule has 16 heavy (non-hydrogen) atoms. The average molecular weight is 242 g/mol. The minimum absolute atomic E-state index is 0.336. The molecule has 4 nitrogen and oxygen atoms in total. The van der Waals surface area contributed by atoms with E-state index in [-0.39, 0.29) is 0 Å². The second kappa shape index (κ2) is 4.97. The molecule has 1 aromatic rings. The predicted octanol–water partition coefficient (Wildman–Crippen LogP) is 2.05. The first-order valence-electron chi connectivity index (χ1n) is 5.64. The zero-order valence-corrected chi connectivity index (χ0v) is 10.4. The van der Waals surface area contributed by atoms with Gasteiger partial charge < -0.3 is 9.64 Å². The molecule has 0 N–H and O–H groups in total. The second-order valence-corrected chi connectivity index (χ2v) is 4.05. The Bertz CT molecular complexity index is 380. The Morgan fingerprint density at radius 3 is 2.75 bits per heavy atom. The Kier molecular flexibility index (Phi) is 3.61. The smallest absolute Gasteiger partial charge is 0.224 e. The minimum atomic E-state index is 0.336. The maximum absolute atomic E-state index is 5.95. The third-order valence-electron chi connectivity index (χ3n) is 2.84. The summed E-state index contributed by atoms with van der Waals surface area (Å²) in [5.41, 5.74) is 2.13. The first-order chi connectivity index (χ1) is 7.76. The average Bonchev–Trinajstić information content (AvgIpc) is 2.30. The van der Waals surface area contributed by atoms with E-state index in [1.165, 1.54) is 0 Å². The van der Waals surface area contributed by atoms with Gasteiger partial charge in [-0.2, -0.15) is 0 Å². The number of hydrogen-bond donors (Lipinski definition) is 0. The summed E-state index contributed by atoms with van der Waals surface area (Å²) in [5, 5.41) is 0.336. The molecule has 0 fully saturated rings. The molecule has 2 heterocycles. The maximum Gasteiger partial charge on any atom is 0.224 e. The first kappa shape index (κ1) is 11.6. The predicted molar refractivity (Wildman–Crippen MR) is 64.0 cm³/mol. The van der Waals surface area contributed by atoms with Crippen LogP contribution in [0.1, 0.15) is 25.1 Å². The number of anilines is 1. The molecule has 0 amide bonds. The molecular weight excluding hydrogens is 226 g/mol. The Hall–Kier alpha value is -0.870. The van der Waals surface area contributed by atoms with Crippen LogP contribution in [0.3, 0.4) is 0 Å². The molecule has 88 valence electrons. The lowest BCUT2D eigenvalue weighted by Crippen LogP contribution is -2.27. The van der Waals surface area contributed by atoms with E-state index in [9.17, 15) is 0 Å². The van der Waals surface area contributed by atoms with Crippen molar-refractivity contribution < 1.29 is 4.74 Å². The van der Waals surface area contributed by atoms with E-state index in [4.69, 9.17) is 16.3 Å². The topological polar surface area (TPSA) is 38.2 Å². The van der Waals surface area contributed by atoms with Crippen LogP contribution in [0.25, 0.3) is 0 Å². The number of nitrogens with zero attached hydrogens (tertiary/aromatic N) is 3. The van der Waals surface area contributed by atoms with Gasteiger partial charge in [0, 0.05) is 25.1 Å². The zero-order chi connectivity index (χ0) is 11.5. The van der Waals surface area contributed by atoms with Gasteiger partial charge >= 0.3 is 0 Å². The van der Waals surface area contributed by atoms with Crippen molar-refractivity contribution in [2.45, 2.75) is 26.9 Å². The lowest BCUT2D eigenvalue weighted by Gasteiger charge is -2.26. The number of ether oxygens (including phenoxy) is 1. The summed E-state index contributed by atoms with van der Waals surface area (Å²) >= 11 is 5.95. The van der Waals surface area contributed by atoms with Crippen molar-refractivity contribution in [2.24, 2.45) is 0 Å². The van der Waals surface area contributed by atoms with Crippen molar-refractivity contribution in [3.63, 3.8) is 0 Å². The number of fused-ring (bicyclic) bond motifs is 1. The van der Waals surface area contributed by atoms with E-state index in [1.54, 1.807) is 0 Å². The Morgan fingerprint density at radius 2 is 2.06 bits per heavy atom. The Balaban J connectivity index is 2.46. The van der Waals surface area contributed by atoms with Gasteiger partial charge in [0.2, 0.25) is 5.28 Å². The van der Waals surface area contributed by atoms with Crippen LogP contribution in [0.2, 0.25) is 5.28 Å². The fraction of sp³-hybridized carbons (Fsp3) is 0.636. The first-order valence-corrected chi connectivity index (χ1v) is 6.02. The molecule has 0 spiro atoms. The lowest BCUT2D eigenvalue weighted by atomic mass is 10.1. The molecule has 2 rings (SSSR count). The van der Waals surface area contributed by atoms with Crippen molar-refractivity contribution in [3.8, 4) is 0 Å². The van der Waals surface area contributed by atoms with Gasteiger partial charge in [-0.1, -0.05) is 0 Å². The number of halogens is 1. The third-order valence-corrected chi connectivity index (χ3v) is 3.01. The Morgan fingerprint density at radius 1 is 1.31 bits per heavy atom. The van der Waals surface area contributed by atoms with Gasteiger partial charge in [-0.15, -0.1) is 0 Å². The van der Waals surface area contributed by atoms with Crippen LogP contribution in [-0.2, 0) is 17.8 Å². The van der Waals surface area contributed by atoms with Gasteiger partial charge in [0.05, 0.1) is 18.9 Å². The van der Waals surface area contributed by atoms with Crippen LogP contribution < -0.4 is 4.90 Å². The van der Waals surface area contributed by atoms with Crippen LogP contribution in [0.5, 0.6) is 0 Å². The van der Waals surface area contributed by atoms with Crippen molar-refractivity contribution in [2.75, 3.05) is 24.6 Å². The van der Waals surface area contributed by atoms with E-state index in [0.29, 0.717) is 11.9 Å². The molecule has 0 aliphatic carbocycles. The summed E-state index contributed by atoms with van der Waals surface area (Å²) < 4.78 is 5.47. The van der Waals surface area contributed by atoms with E-state index in [0.717, 1.165) is 43.2 Å². The molecule has 0 bridgehead atoms. The molecule has 5 heteroatoms. The monoisotopic (exact) mass is 241 g/mol. The normalized spacial score (nSPS) is 14.7. The fourth-order valence-corrected chi connectivity index (χ4v) is 2.15. The van der Waals surface area contributed by atoms with Crippen LogP contribution in [0, 0.1) is 0 Å². The molecule has 1 aromatic heterocycles. The molecular formula is C11H16ClN3O. The van der Waals surface area contributed by atoms with Crippen LogP contribution >= 0.6 is 11.6 Å². The quantitative estimate of drug-likeness (QED) is 0.760. The zero-order valence-electron chi connectivity index (χ0n) is 9.66. The van der Waals surface area contributed by atoms with Gasteiger partial charge in [-0.25, -0.2) is 9.97 Å². The molecule has 1 aliphatic rings. The number of hydrogen-bond acceptors (Lipinski definition) is 4. The van der Waals surface area contributed by atoms with Gasteiger partial charge in [0.15, 0.2) is 0 Å². The molecule has 0 saturated carbocycles. The summed E-state index contributed by atoms with van der Waals surface area (Å²) in [6, 6.07) is 0. The number of aromatic nitrogens is 2. The lowest BCUT2D eigenvalue weighted by molar-refractivity contribution is 0.109. The summed E-state index contributed by atoms with van der Waals surface area (Å²) in [5.74, 6) is 0.930. The third kappa shape index (κ3) is 2.13. The standard InChI is InChI=1S/C11H16ClN3O/c1-3-15(4-2)10-8-7-16-6-5-9(8)13-11(12)14-10/h3-7H2,1-2H3. The number of rotatable bonds is 3. The van der Waals surface area contributed by atoms with Gasteiger partial charge in [0.1, 0.15) is 5.82 Å². The van der Waals surface area contributed by atoms with Crippen LogP contribution in [0.4, 0.5) is 5.82 Å². The summed E-state index contributed by atoms with van der Waals surface area (Å²) in [6.45, 7) is 7.36. The highest BCUT2D eigenvalue weighted by Crippen LogP contribution is 2.26. The summed E-state index contributed by atoms with van der Waals surface area (Å²) in [7, 11) is 0. The molecule has 0 atom stereocenters. The molecule has 0 saturated heterocycles. The SMILES string of the molecule is CCN(CC)c1nc(Cl)nc2c1COCC2. The minimum Gasteiger partial charge on any atom is -0.376 e. The molecule has 0 aromatic carbocycles. The van der Waals surface area contributed by atoms with Gasteiger partial charge in [0.25, 0.3) is 0 Å². The van der Waals surface area contributed by atoms with E-state index < -0.39 is 0 Å². The maximum atomic E-state index is 5.95. The molecule has 1 aliphatic heterocycles. The van der Waals surface area contributed by atoms with Crippen molar-refractivity contribution in [1.82, 2.24) is 9.97 Å². The highest BCUT2D eigenvalue weighted by Gasteiger charge is 2.20. The van der Waals surface area contributed by atoms with Crippen LogP contribution in [-0.4, -0.2) is 29.7 Å². The van der Waals surface area contributed by atoms with E-state index >= 15 is 0 Å². The van der Waals surface area contributed by atoms with Crippen molar-refractivity contribution in [3.05, 3.63) is 16.5 Å². The summed E-state index contributed by atoms with van der Waals surface area (Å²) in [6.07, 6.45) is 0.825. The molecule has 0 unspecified atom stereocenters. The largest absolute Gasteiger partial charge is 0.376 e. The fourth-order valence-electron chi connectivity index (χ4n) is 1.97. The van der Waals surface area contributed by atoms with Gasteiger partial charge in [-0.3, -0.25) is 0 Å². The van der Waals surface area contributed by atoms with E-state index in [2.05, 4.69) is 28.7 Å².